The number of nitrogens with zero attached hydrogens (tertiary/aromatic N) is 5. The highest BCUT2D eigenvalue weighted by Crippen LogP contribution is 2.18. The minimum Gasteiger partial charge on any atom is -0.339 e. The number of piperazine rings is 1. The van der Waals surface area contributed by atoms with E-state index >= 15 is 0 Å². The van der Waals surface area contributed by atoms with Crippen molar-refractivity contribution >= 4 is 22.9 Å². The van der Waals surface area contributed by atoms with E-state index in [4.69, 9.17) is 0 Å². The van der Waals surface area contributed by atoms with Crippen LogP contribution in [0.3, 0.4) is 0 Å². The topological polar surface area (TPSA) is 70.1 Å². The van der Waals surface area contributed by atoms with Crippen LogP contribution in [0.4, 0.5) is 5.95 Å². The van der Waals surface area contributed by atoms with E-state index in [2.05, 4.69) is 20.0 Å². The number of benzene rings is 1. The van der Waals surface area contributed by atoms with Gasteiger partial charge in [-0.2, -0.15) is 5.10 Å². The Bertz CT molecular complexity index is 784. The summed E-state index contributed by atoms with van der Waals surface area (Å²) < 4.78 is 1.79. The normalized spacial score (nSPS) is 15.2. The molecule has 1 aliphatic rings. The van der Waals surface area contributed by atoms with Gasteiger partial charge in [0.25, 0.3) is 0 Å². The van der Waals surface area contributed by atoms with Gasteiger partial charge in [0.1, 0.15) is 0 Å². The first kappa shape index (κ1) is 14.7. The van der Waals surface area contributed by atoms with E-state index in [0.29, 0.717) is 13.0 Å². The second-order valence-electron chi connectivity index (χ2n) is 5.96. The van der Waals surface area contributed by atoms with E-state index in [1.807, 2.05) is 41.4 Å². The average Bonchev–Trinajstić information content (AvgIpc) is 3.29. The van der Waals surface area contributed by atoms with Crippen LogP contribution in [0.25, 0.3) is 11.0 Å². The molecule has 0 bridgehead atoms. The van der Waals surface area contributed by atoms with Crippen LogP contribution in [0.5, 0.6) is 0 Å². The predicted molar refractivity (Wildman–Crippen MR) is 91.7 cm³/mol. The summed E-state index contributed by atoms with van der Waals surface area (Å²) in [7, 11) is 0. The summed E-state index contributed by atoms with van der Waals surface area (Å²) in [6.45, 7) is 3.69. The van der Waals surface area contributed by atoms with Crippen LogP contribution < -0.4 is 4.90 Å². The number of hydrogen-bond acceptors (Lipinski definition) is 4. The number of para-hydroxylation sites is 2. The van der Waals surface area contributed by atoms with E-state index in [9.17, 15) is 4.79 Å². The maximum Gasteiger partial charge on any atom is 0.224 e. The van der Waals surface area contributed by atoms with Gasteiger partial charge in [0.15, 0.2) is 0 Å². The Morgan fingerprint density at radius 3 is 2.71 bits per heavy atom. The number of H-pyrrole nitrogens is 1. The van der Waals surface area contributed by atoms with Crippen LogP contribution in [0.1, 0.15) is 6.42 Å². The third-order valence-electron chi connectivity index (χ3n) is 4.42. The molecule has 4 rings (SSSR count). The highest BCUT2D eigenvalue weighted by Gasteiger charge is 2.22. The van der Waals surface area contributed by atoms with Crippen molar-refractivity contribution in [3.63, 3.8) is 0 Å². The molecule has 1 amide bonds. The van der Waals surface area contributed by atoms with Gasteiger partial charge in [0.2, 0.25) is 11.9 Å². The number of hydrogen-bond donors (Lipinski definition) is 1. The first-order valence-corrected chi connectivity index (χ1v) is 8.24. The Balaban J connectivity index is 1.33. The fourth-order valence-corrected chi connectivity index (χ4v) is 3.06. The van der Waals surface area contributed by atoms with Crippen molar-refractivity contribution in [2.24, 2.45) is 0 Å². The second kappa shape index (κ2) is 6.35. The Morgan fingerprint density at radius 1 is 1.12 bits per heavy atom. The lowest BCUT2D eigenvalue weighted by Crippen LogP contribution is -2.49. The minimum absolute atomic E-state index is 0.190. The van der Waals surface area contributed by atoms with Gasteiger partial charge in [0.05, 0.1) is 11.0 Å². The number of anilines is 1. The van der Waals surface area contributed by atoms with Crippen LogP contribution in [-0.4, -0.2) is 56.7 Å². The molecule has 1 aromatic carbocycles. The zero-order valence-electron chi connectivity index (χ0n) is 13.4. The lowest BCUT2D eigenvalue weighted by atomic mass is 10.3. The third kappa shape index (κ3) is 2.97. The van der Waals surface area contributed by atoms with Crippen molar-refractivity contribution in [1.82, 2.24) is 24.6 Å². The number of imidazole rings is 1. The summed E-state index contributed by atoms with van der Waals surface area (Å²) in [6.07, 6.45) is 4.11. The number of aromatic amines is 1. The standard InChI is InChI=1S/C17H20N6O/c24-16(6-9-23-8-3-7-18-23)21-10-12-22(13-11-21)17-19-14-4-1-2-5-15(14)20-17/h1-5,7-8H,6,9-13H2,(H,19,20). The lowest BCUT2D eigenvalue weighted by molar-refractivity contribution is -0.131. The van der Waals surface area contributed by atoms with Gasteiger partial charge in [-0.1, -0.05) is 12.1 Å². The molecule has 1 fully saturated rings. The molecule has 1 saturated heterocycles. The zero-order chi connectivity index (χ0) is 16.4. The molecule has 3 aromatic rings. The molecule has 24 heavy (non-hydrogen) atoms. The zero-order valence-corrected chi connectivity index (χ0v) is 13.4. The summed E-state index contributed by atoms with van der Waals surface area (Å²) in [6, 6.07) is 9.89. The van der Waals surface area contributed by atoms with E-state index in [1.165, 1.54) is 0 Å². The molecule has 1 aliphatic heterocycles. The maximum absolute atomic E-state index is 12.3. The summed E-state index contributed by atoms with van der Waals surface area (Å²) in [5, 5.41) is 4.13. The van der Waals surface area contributed by atoms with Gasteiger partial charge in [-0.15, -0.1) is 0 Å². The van der Waals surface area contributed by atoms with Gasteiger partial charge in [-0.3, -0.25) is 9.48 Å². The Morgan fingerprint density at radius 2 is 1.96 bits per heavy atom. The predicted octanol–water partition coefficient (Wildman–Crippen LogP) is 1.50. The largest absolute Gasteiger partial charge is 0.339 e. The SMILES string of the molecule is O=C(CCn1cccn1)N1CCN(c2nc3ccccc3[nH]2)CC1. The van der Waals surface area contributed by atoms with Crippen molar-refractivity contribution in [1.29, 1.82) is 0 Å². The van der Waals surface area contributed by atoms with Gasteiger partial charge in [0, 0.05) is 51.5 Å². The smallest absolute Gasteiger partial charge is 0.224 e. The number of fused-ring (bicyclic) bond motifs is 1. The Hall–Kier alpha value is -2.83. The third-order valence-corrected chi connectivity index (χ3v) is 4.42. The van der Waals surface area contributed by atoms with Crippen molar-refractivity contribution in [2.75, 3.05) is 31.1 Å². The van der Waals surface area contributed by atoms with Crippen molar-refractivity contribution in [3.05, 3.63) is 42.7 Å². The molecule has 0 unspecified atom stereocenters. The first-order chi connectivity index (χ1) is 11.8. The molecule has 0 aliphatic carbocycles. The van der Waals surface area contributed by atoms with E-state index in [-0.39, 0.29) is 5.91 Å². The second-order valence-corrected chi connectivity index (χ2v) is 5.96. The fourth-order valence-electron chi connectivity index (χ4n) is 3.06. The summed E-state index contributed by atoms with van der Waals surface area (Å²) in [4.78, 5) is 24.4. The minimum atomic E-state index is 0.190. The quantitative estimate of drug-likeness (QED) is 0.789. The molecule has 3 heterocycles. The molecule has 2 aromatic heterocycles. The molecule has 0 spiro atoms. The lowest BCUT2D eigenvalue weighted by Gasteiger charge is -2.34. The van der Waals surface area contributed by atoms with Crippen LogP contribution in [0, 0.1) is 0 Å². The number of amides is 1. The monoisotopic (exact) mass is 324 g/mol. The highest BCUT2D eigenvalue weighted by molar-refractivity contribution is 5.78. The molecule has 7 nitrogen and oxygen atoms in total. The Labute approximate surface area is 139 Å². The van der Waals surface area contributed by atoms with Crippen LogP contribution >= 0.6 is 0 Å². The molecule has 0 saturated carbocycles. The van der Waals surface area contributed by atoms with Crippen LogP contribution in [-0.2, 0) is 11.3 Å². The molecular formula is C17H20N6O. The number of rotatable bonds is 4. The average molecular weight is 324 g/mol. The van der Waals surface area contributed by atoms with E-state index < -0.39 is 0 Å². The van der Waals surface area contributed by atoms with Crippen molar-refractivity contribution < 1.29 is 4.79 Å². The molecule has 7 heteroatoms. The molecule has 124 valence electrons. The van der Waals surface area contributed by atoms with Gasteiger partial charge in [-0.05, 0) is 18.2 Å². The fraction of sp³-hybridized carbons (Fsp3) is 0.353. The number of aromatic nitrogens is 4. The van der Waals surface area contributed by atoms with Gasteiger partial charge in [-0.25, -0.2) is 4.98 Å². The number of carbonyl (C=O) groups is 1. The molecule has 0 radical (unpaired) electrons. The van der Waals surface area contributed by atoms with Crippen LogP contribution in [0.15, 0.2) is 42.7 Å². The summed E-state index contributed by atoms with van der Waals surface area (Å²) in [5.41, 5.74) is 2.02. The molecular weight excluding hydrogens is 304 g/mol. The van der Waals surface area contributed by atoms with Gasteiger partial charge >= 0.3 is 0 Å². The van der Waals surface area contributed by atoms with Crippen molar-refractivity contribution in [2.45, 2.75) is 13.0 Å². The van der Waals surface area contributed by atoms with Crippen LogP contribution in [0.2, 0.25) is 0 Å². The number of nitrogens with one attached hydrogen (secondary N) is 1. The summed E-state index contributed by atoms with van der Waals surface area (Å²) >= 11 is 0. The maximum atomic E-state index is 12.3. The highest BCUT2D eigenvalue weighted by atomic mass is 16.2. The Kier molecular flexibility index (Phi) is 3.90. The number of carbonyl (C=O) groups excluding carboxylic acids is 1. The first-order valence-electron chi connectivity index (χ1n) is 8.24. The summed E-state index contributed by atoms with van der Waals surface area (Å²) in [5.74, 6) is 1.08. The molecule has 1 N–H and O–H groups in total. The van der Waals surface area contributed by atoms with E-state index in [0.717, 1.165) is 43.2 Å². The number of aryl methyl sites for hydroxylation is 1. The van der Waals surface area contributed by atoms with Gasteiger partial charge < -0.3 is 14.8 Å². The van der Waals surface area contributed by atoms with E-state index in [1.54, 1.807) is 10.9 Å². The van der Waals surface area contributed by atoms with Crippen molar-refractivity contribution in [3.8, 4) is 0 Å². The molecule has 0 atom stereocenters.